The molecule has 0 amide bonds. The van der Waals surface area contributed by atoms with E-state index in [0.29, 0.717) is 12.3 Å². The van der Waals surface area contributed by atoms with Crippen LogP contribution >= 0.6 is 0 Å². The maximum Gasteiger partial charge on any atom is 0.159 e. The molecule has 1 unspecified atom stereocenters. The van der Waals surface area contributed by atoms with Crippen LogP contribution in [0.1, 0.15) is 26.2 Å². The van der Waals surface area contributed by atoms with Crippen LogP contribution in [-0.4, -0.2) is 5.78 Å². The van der Waals surface area contributed by atoms with E-state index in [-0.39, 0.29) is 5.78 Å². The molecule has 11 heavy (non-hydrogen) atoms. The highest BCUT2D eigenvalue weighted by Crippen LogP contribution is 2.13. The van der Waals surface area contributed by atoms with Gasteiger partial charge < -0.3 is 0 Å². The molecule has 0 bridgehead atoms. The summed E-state index contributed by atoms with van der Waals surface area (Å²) in [6.07, 6.45) is 10.6. The van der Waals surface area contributed by atoms with E-state index in [4.69, 9.17) is 0 Å². The fourth-order valence-corrected chi connectivity index (χ4v) is 1.16. The number of allylic oxidation sites excluding steroid dienone is 4. The minimum absolute atomic E-state index is 0.222. The van der Waals surface area contributed by atoms with Crippen molar-refractivity contribution in [3.05, 3.63) is 24.3 Å². The Bertz CT molecular complexity index is 189. The molecule has 0 aliphatic heterocycles. The average Bonchev–Trinajstić information content (AvgIpc) is 1.98. The topological polar surface area (TPSA) is 17.1 Å². The van der Waals surface area contributed by atoms with Crippen LogP contribution in [0, 0.1) is 5.92 Å². The molecule has 1 nitrogen and oxygen atoms in total. The Balaban J connectivity index is 2.58. The van der Waals surface area contributed by atoms with E-state index in [0.717, 1.165) is 12.8 Å². The molecule has 0 spiro atoms. The highest BCUT2D eigenvalue weighted by atomic mass is 16.1. The zero-order valence-electron chi connectivity index (χ0n) is 6.92. The highest BCUT2D eigenvalue weighted by Gasteiger charge is 2.02. The monoisotopic (exact) mass is 150 g/mol. The average molecular weight is 150 g/mol. The van der Waals surface area contributed by atoms with Crippen LogP contribution in [0.2, 0.25) is 0 Å². The van der Waals surface area contributed by atoms with Crippen LogP contribution in [0.15, 0.2) is 24.3 Å². The molecular formula is C10H14O. The minimum atomic E-state index is 0.222. The Labute approximate surface area is 67.8 Å². The standard InChI is InChI=1S/C10H14O/c1-2-9-5-3-4-6-10(11)8-7-9/h3-4,7-9H,2,5-6H2,1H3/b4-3-,8-7-. The fourth-order valence-electron chi connectivity index (χ4n) is 1.16. The van der Waals surface area contributed by atoms with Gasteiger partial charge in [-0.15, -0.1) is 0 Å². The van der Waals surface area contributed by atoms with Gasteiger partial charge in [0.1, 0.15) is 0 Å². The van der Waals surface area contributed by atoms with Crippen molar-refractivity contribution in [2.24, 2.45) is 5.92 Å². The lowest BCUT2D eigenvalue weighted by Crippen LogP contribution is -1.98. The first-order valence-corrected chi connectivity index (χ1v) is 4.19. The van der Waals surface area contributed by atoms with Crippen molar-refractivity contribution in [2.45, 2.75) is 26.2 Å². The number of rotatable bonds is 1. The van der Waals surface area contributed by atoms with Gasteiger partial charge in [0.05, 0.1) is 0 Å². The molecule has 0 fully saturated rings. The summed E-state index contributed by atoms with van der Waals surface area (Å²) in [5, 5.41) is 0. The first-order valence-electron chi connectivity index (χ1n) is 4.19. The van der Waals surface area contributed by atoms with Crippen LogP contribution in [0.4, 0.5) is 0 Å². The van der Waals surface area contributed by atoms with Gasteiger partial charge in [-0.1, -0.05) is 25.2 Å². The number of ketones is 1. The maximum atomic E-state index is 11.0. The van der Waals surface area contributed by atoms with E-state index in [1.54, 1.807) is 6.08 Å². The third-order valence-electron chi connectivity index (χ3n) is 2.00. The summed E-state index contributed by atoms with van der Waals surface area (Å²) < 4.78 is 0. The molecule has 1 aliphatic carbocycles. The van der Waals surface area contributed by atoms with E-state index in [9.17, 15) is 4.79 Å². The van der Waals surface area contributed by atoms with Gasteiger partial charge in [0.2, 0.25) is 0 Å². The smallest absolute Gasteiger partial charge is 0.159 e. The number of carbonyl (C=O) groups excluding carboxylic acids is 1. The number of hydrogen-bond acceptors (Lipinski definition) is 1. The van der Waals surface area contributed by atoms with Crippen LogP contribution in [0.3, 0.4) is 0 Å². The van der Waals surface area contributed by atoms with Crippen molar-refractivity contribution in [1.82, 2.24) is 0 Å². The second-order valence-corrected chi connectivity index (χ2v) is 2.90. The fraction of sp³-hybridized carbons (Fsp3) is 0.500. The lowest BCUT2D eigenvalue weighted by Gasteiger charge is -2.07. The zero-order chi connectivity index (χ0) is 8.10. The lowest BCUT2D eigenvalue weighted by atomic mass is 9.98. The first kappa shape index (κ1) is 8.25. The van der Waals surface area contributed by atoms with Gasteiger partial charge in [0.15, 0.2) is 5.78 Å². The van der Waals surface area contributed by atoms with Crippen molar-refractivity contribution in [1.29, 1.82) is 0 Å². The summed E-state index contributed by atoms with van der Waals surface area (Å²) >= 11 is 0. The number of hydrogen-bond donors (Lipinski definition) is 0. The van der Waals surface area contributed by atoms with Gasteiger partial charge >= 0.3 is 0 Å². The van der Waals surface area contributed by atoms with Crippen molar-refractivity contribution < 1.29 is 4.79 Å². The molecule has 0 saturated carbocycles. The maximum absolute atomic E-state index is 11.0. The SMILES string of the molecule is CCC1/C=C\C(=O)C/C=C\C1. The van der Waals surface area contributed by atoms with E-state index in [2.05, 4.69) is 13.0 Å². The Kier molecular flexibility index (Phi) is 3.09. The van der Waals surface area contributed by atoms with Gasteiger partial charge in [-0.3, -0.25) is 4.79 Å². The van der Waals surface area contributed by atoms with Crippen LogP contribution < -0.4 is 0 Å². The van der Waals surface area contributed by atoms with Crippen LogP contribution in [0.5, 0.6) is 0 Å². The predicted molar refractivity (Wildman–Crippen MR) is 46.3 cm³/mol. The molecule has 1 rings (SSSR count). The molecule has 0 N–H and O–H groups in total. The summed E-state index contributed by atoms with van der Waals surface area (Å²) in [4.78, 5) is 11.0. The van der Waals surface area contributed by atoms with Gasteiger partial charge in [-0.25, -0.2) is 0 Å². The van der Waals surface area contributed by atoms with Gasteiger partial charge in [-0.05, 0) is 24.8 Å². The Morgan fingerprint density at radius 3 is 3.09 bits per heavy atom. The van der Waals surface area contributed by atoms with Crippen molar-refractivity contribution in [3.63, 3.8) is 0 Å². The van der Waals surface area contributed by atoms with Crippen LogP contribution in [-0.2, 0) is 4.79 Å². The van der Waals surface area contributed by atoms with Crippen molar-refractivity contribution >= 4 is 5.78 Å². The third kappa shape index (κ3) is 2.71. The van der Waals surface area contributed by atoms with E-state index in [1.807, 2.05) is 12.2 Å². The summed E-state index contributed by atoms with van der Waals surface area (Å²) in [5.41, 5.74) is 0. The molecule has 0 aromatic rings. The highest BCUT2D eigenvalue weighted by molar-refractivity contribution is 5.90. The predicted octanol–water partition coefficient (Wildman–Crippen LogP) is 2.49. The van der Waals surface area contributed by atoms with Crippen molar-refractivity contribution in [2.75, 3.05) is 0 Å². The third-order valence-corrected chi connectivity index (χ3v) is 2.00. The molecule has 1 heteroatoms. The molecule has 0 radical (unpaired) electrons. The summed E-state index contributed by atoms with van der Waals surface area (Å²) in [7, 11) is 0. The van der Waals surface area contributed by atoms with E-state index >= 15 is 0 Å². The van der Waals surface area contributed by atoms with Crippen LogP contribution in [0.25, 0.3) is 0 Å². The van der Waals surface area contributed by atoms with Crippen molar-refractivity contribution in [3.8, 4) is 0 Å². The Morgan fingerprint density at radius 2 is 2.36 bits per heavy atom. The lowest BCUT2D eigenvalue weighted by molar-refractivity contribution is -0.113. The van der Waals surface area contributed by atoms with Gasteiger partial charge in [0.25, 0.3) is 0 Å². The number of carbonyl (C=O) groups is 1. The molecule has 1 atom stereocenters. The molecule has 1 aliphatic rings. The van der Waals surface area contributed by atoms with Gasteiger partial charge in [0, 0.05) is 6.42 Å². The summed E-state index contributed by atoms with van der Waals surface area (Å²) in [6.45, 7) is 2.15. The normalized spacial score (nSPS) is 30.6. The molecular weight excluding hydrogens is 136 g/mol. The molecule has 0 saturated heterocycles. The Hall–Kier alpha value is -0.850. The Morgan fingerprint density at radius 1 is 1.55 bits per heavy atom. The molecule has 0 aromatic carbocycles. The summed E-state index contributed by atoms with van der Waals surface area (Å²) in [6, 6.07) is 0. The molecule has 0 heterocycles. The van der Waals surface area contributed by atoms with E-state index < -0.39 is 0 Å². The second kappa shape index (κ2) is 4.12. The molecule has 0 aromatic heterocycles. The minimum Gasteiger partial charge on any atom is -0.295 e. The zero-order valence-corrected chi connectivity index (χ0v) is 6.92. The largest absolute Gasteiger partial charge is 0.295 e. The van der Waals surface area contributed by atoms with Gasteiger partial charge in [-0.2, -0.15) is 0 Å². The summed E-state index contributed by atoms with van der Waals surface area (Å²) in [5.74, 6) is 0.787. The first-order chi connectivity index (χ1) is 5.33. The second-order valence-electron chi connectivity index (χ2n) is 2.90. The van der Waals surface area contributed by atoms with E-state index in [1.165, 1.54) is 0 Å². The quantitative estimate of drug-likeness (QED) is 0.525. The molecule has 60 valence electrons.